The normalized spacial score (nSPS) is 12.2. The number of carbonyl (C=O) groups is 2. The van der Waals surface area contributed by atoms with Crippen LogP contribution in [0.4, 0.5) is 0 Å². The predicted octanol–water partition coefficient (Wildman–Crippen LogP) is 5.62. The van der Waals surface area contributed by atoms with Crippen LogP contribution in [0.1, 0.15) is 79.1 Å². The first-order valence-corrected chi connectivity index (χ1v) is 8.49. The summed E-state index contributed by atoms with van der Waals surface area (Å²) >= 11 is 0. The first-order valence-electron chi connectivity index (χ1n) is 8.49. The van der Waals surface area contributed by atoms with E-state index in [1.807, 2.05) is 6.08 Å². The molecule has 130 valence electrons. The molecule has 0 fully saturated rings. The van der Waals surface area contributed by atoms with Gasteiger partial charge in [0, 0.05) is 19.3 Å². The Morgan fingerprint density at radius 1 is 0.783 bits per heavy atom. The Hall–Kier alpha value is -1.64. The van der Waals surface area contributed by atoms with Gasteiger partial charge >= 0.3 is 5.97 Å². The Labute approximate surface area is 141 Å². The number of hydrogen-bond acceptors (Lipinski definition) is 2. The molecule has 0 aliphatic carbocycles. The van der Waals surface area contributed by atoms with Gasteiger partial charge < -0.3 is 5.11 Å². The summed E-state index contributed by atoms with van der Waals surface area (Å²) in [6.07, 6.45) is 12.0. The van der Waals surface area contributed by atoms with Crippen molar-refractivity contribution in [1.82, 2.24) is 0 Å². The molecule has 3 nitrogen and oxygen atoms in total. The molecular formula is C20H32O3. The number of Topliss-reactive ketones (excluding diaryl/α,β-unsaturated/α-hetero) is 1. The van der Waals surface area contributed by atoms with E-state index in [1.165, 1.54) is 16.7 Å². The standard InChI is InChI=1S/C20H32O3/c1-16(2)8-5-9-17(3)10-6-11-18(4)14-15-19(21)12-7-13-20(22)23/h8,10,14H,5-7,9,11-13,15H2,1-4H3,(H,22,23)/b17-10+,18-14+. The highest BCUT2D eigenvalue weighted by Gasteiger charge is 2.03. The van der Waals surface area contributed by atoms with Crippen LogP contribution in [0.25, 0.3) is 0 Å². The molecule has 3 heteroatoms. The third kappa shape index (κ3) is 15.0. The molecule has 0 saturated carbocycles. The number of aliphatic carboxylic acids is 1. The number of carbonyl (C=O) groups excluding carboxylic acids is 1. The Morgan fingerprint density at radius 2 is 1.35 bits per heavy atom. The molecule has 0 aromatic heterocycles. The monoisotopic (exact) mass is 320 g/mol. The third-order valence-electron chi connectivity index (χ3n) is 3.65. The van der Waals surface area contributed by atoms with E-state index in [4.69, 9.17) is 5.11 Å². The Morgan fingerprint density at radius 3 is 1.91 bits per heavy atom. The topological polar surface area (TPSA) is 54.4 Å². The van der Waals surface area contributed by atoms with Crippen molar-refractivity contribution in [3.63, 3.8) is 0 Å². The molecule has 0 bridgehead atoms. The number of carboxylic acid groups (broad SMARTS) is 1. The second-order valence-corrected chi connectivity index (χ2v) is 6.45. The summed E-state index contributed by atoms with van der Waals surface area (Å²) in [6.45, 7) is 8.47. The lowest BCUT2D eigenvalue weighted by Crippen LogP contribution is -2.00. The minimum Gasteiger partial charge on any atom is -0.481 e. The average molecular weight is 320 g/mol. The minimum atomic E-state index is -0.837. The molecule has 0 aromatic rings. The fraction of sp³-hybridized carbons (Fsp3) is 0.600. The number of allylic oxidation sites excluding steroid dienone is 6. The van der Waals surface area contributed by atoms with Crippen LogP contribution in [0.3, 0.4) is 0 Å². The van der Waals surface area contributed by atoms with Gasteiger partial charge in [-0.25, -0.2) is 0 Å². The maximum absolute atomic E-state index is 11.6. The highest BCUT2D eigenvalue weighted by molar-refractivity contribution is 5.80. The van der Waals surface area contributed by atoms with Gasteiger partial charge in [-0.1, -0.05) is 34.9 Å². The smallest absolute Gasteiger partial charge is 0.303 e. The van der Waals surface area contributed by atoms with Crippen LogP contribution in [0.2, 0.25) is 0 Å². The first-order chi connectivity index (χ1) is 10.8. The molecule has 0 aromatic carbocycles. The SMILES string of the molecule is CC(C)=CCC/C(C)=C/CC/C(C)=C/CC(=O)CCCC(=O)O. The van der Waals surface area contributed by atoms with Crippen molar-refractivity contribution in [3.05, 3.63) is 34.9 Å². The number of carboxylic acids is 1. The van der Waals surface area contributed by atoms with Crippen molar-refractivity contribution < 1.29 is 14.7 Å². The van der Waals surface area contributed by atoms with Gasteiger partial charge in [-0.05, 0) is 59.8 Å². The Balaban J connectivity index is 3.95. The van der Waals surface area contributed by atoms with E-state index in [0.717, 1.165) is 25.7 Å². The molecule has 0 aliphatic heterocycles. The van der Waals surface area contributed by atoms with E-state index in [0.29, 0.717) is 19.3 Å². The molecule has 0 heterocycles. The van der Waals surface area contributed by atoms with Crippen LogP contribution < -0.4 is 0 Å². The number of hydrogen-bond donors (Lipinski definition) is 1. The van der Waals surface area contributed by atoms with Crippen LogP contribution in [0.15, 0.2) is 34.9 Å². The van der Waals surface area contributed by atoms with Crippen molar-refractivity contribution in [2.45, 2.75) is 79.1 Å². The van der Waals surface area contributed by atoms with Crippen LogP contribution >= 0.6 is 0 Å². The molecule has 0 spiro atoms. The van der Waals surface area contributed by atoms with Gasteiger partial charge in [0.2, 0.25) is 0 Å². The maximum Gasteiger partial charge on any atom is 0.303 e. The van der Waals surface area contributed by atoms with Crippen molar-refractivity contribution in [2.24, 2.45) is 0 Å². The summed E-state index contributed by atoms with van der Waals surface area (Å²) in [5, 5.41) is 8.54. The summed E-state index contributed by atoms with van der Waals surface area (Å²) in [5.41, 5.74) is 4.01. The number of rotatable bonds is 12. The van der Waals surface area contributed by atoms with E-state index in [-0.39, 0.29) is 12.2 Å². The minimum absolute atomic E-state index is 0.0747. The van der Waals surface area contributed by atoms with E-state index >= 15 is 0 Å². The second kappa shape index (κ2) is 12.9. The fourth-order valence-corrected chi connectivity index (χ4v) is 2.17. The van der Waals surface area contributed by atoms with Crippen molar-refractivity contribution in [3.8, 4) is 0 Å². The Kier molecular flexibility index (Phi) is 11.9. The van der Waals surface area contributed by atoms with Crippen LogP contribution in [0, 0.1) is 0 Å². The lowest BCUT2D eigenvalue weighted by Gasteiger charge is -2.02. The quantitative estimate of drug-likeness (QED) is 0.475. The first kappa shape index (κ1) is 21.4. The number of ketones is 1. The molecule has 0 radical (unpaired) electrons. The van der Waals surface area contributed by atoms with Crippen LogP contribution in [-0.4, -0.2) is 16.9 Å². The van der Waals surface area contributed by atoms with Gasteiger partial charge in [0.1, 0.15) is 5.78 Å². The molecule has 23 heavy (non-hydrogen) atoms. The largest absolute Gasteiger partial charge is 0.481 e. The van der Waals surface area contributed by atoms with Gasteiger partial charge in [-0.15, -0.1) is 0 Å². The highest BCUT2D eigenvalue weighted by atomic mass is 16.4. The van der Waals surface area contributed by atoms with Gasteiger partial charge in [0.05, 0.1) is 0 Å². The zero-order chi connectivity index (χ0) is 17.7. The fourth-order valence-electron chi connectivity index (χ4n) is 2.17. The van der Waals surface area contributed by atoms with Crippen molar-refractivity contribution in [1.29, 1.82) is 0 Å². The van der Waals surface area contributed by atoms with E-state index in [1.54, 1.807) is 0 Å². The maximum atomic E-state index is 11.6. The predicted molar refractivity (Wildman–Crippen MR) is 96.5 cm³/mol. The molecule has 0 atom stereocenters. The van der Waals surface area contributed by atoms with Crippen molar-refractivity contribution in [2.75, 3.05) is 0 Å². The molecule has 0 rings (SSSR count). The molecule has 0 aliphatic rings. The molecule has 1 N–H and O–H groups in total. The molecule has 0 amide bonds. The highest BCUT2D eigenvalue weighted by Crippen LogP contribution is 2.12. The molecule has 0 unspecified atom stereocenters. The van der Waals surface area contributed by atoms with E-state index in [2.05, 4.69) is 39.8 Å². The van der Waals surface area contributed by atoms with Gasteiger partial charge in [-0.2, -0.15) is 0 Å². The summed E-state index contributed by atoms with van der Waals surface area (Å²) < 4.78 is 0. The molecular weight excluding hydrogens is 288 g/mol. The average Bonchev–Trinajstić information content (AvgIpc) is 2.44. The summed E-state index contributed by atoms with van der Waals surface area (Å²) in [5.74, 6) is -0.713. The van der Waals surface area contributed by atoms with Gasteiger partial charge in [0.15, 0.2) is 0 Å². The lowest BCUT2D eigenvalue weighted by molar-refractivity contribution is -0.137. The zero-order valence-corrected chi connectivity index (χ0v) is 15.2. The lowest BCUT2D eigenvalue weighted by atomic mass is 10.0. The van der Waals surface area contributed by atoms with E-state index in [9.17, 15) is 9.59 Å². The van der Waals surface area contributed by atoms with Gasteiger partial charge in [0.25, 0.3) is 0 Å². The summed E-state index contributed by atoms with van der Waals surface area (Å²) in [6, 6.07) is 0. The van der Waals surface area contributed by atoms with Crippen LogP contribution in [0.5, 0.6) is 0 Å². The summed E-state index contributed by atoms with van der Waals surface area (Å²) in [4.78, 5) is 22.0. The summed E-state index contributed by atoms with van der Waals surface area (Å²) in [7, 11) is 0. The van der Waals surface area contributed by atoms with E-state index < -0.39 is 5.97 Å². The second-order valence-electron chi connectivity index (χ2n) is 6.45. The molecule has 0 saturated heterocycles. The zero-order valence-electron chi connectivity index (χ0n) is 15.2. The van der Waals surface area contributed by atoms with Gasteiger partial charge in [-0.3, -0.25) is 9.59 Å². The van der Waals surface area contributed by atoms with Crippen molar-refractivity contribution >= 4 is 11.8 Å². The van der Waals surface area contributed by atoms with Crippen LogP contribution in [-0.2, 0) is 9.59 Å². The Bertz CT molecular complexity index is 463. The third-order valence-corrected chi connectivity index (χ3v) is 3.65.